The third-order valence-electron chi connectivity index (χ3n) is 1.96. The molecule has 2 rings (SSSR count). The molecule has 0 aromatic heterocycles. The first kappa shape index (κ1) is 8.96. The van der Waals surface area contributed by atoms with Gasteiger partial charge in [0, 0.05) is 12.1 Å². The highest BCUT2D eigenvalue weighted by atomic mass is 16.8. The molecule has 1 aromatic rings. The van der Waals surface area contributed by atoms with Gasteiger partial charge in [-0.15, -0.1) is 0 Å². The van der Waals surface area contributed by atoms with E-state index in [1.165, 1.54) is 12.1 Å². The second kappa shape index (κ2) is 3.26. The van der Waals surface area contributed by atoms with Crippen molar-refractivity contribution in [3.05, 3.63) is 34.4 Å². The molecule has 5 nitrogen and oxygen atoms in total. The van der Waals surface area contributed by atoms with E-state index in [4.69, 9.17) is 9.47 Å². The molecule has 1 heterocycles. The normalized spacial score (nSPS) is 24.4. The average molecular weight is 195 g/mol. The minimum atomic E-state index is -0.444. The fourth-order valence-electron chi connectivity index (χ4n) is 1.07. The Morgan fingerprint density at radius 1 is 1.43 bits per heavy atom. The van der Waals surface area contributed by atoms with Crippen LogP contribution >= 0.6 is 0 Å². The first-order valence-electron chi connectivity index (χ1n) is 4.23. The Morgan fingerprint density at radius 2 is 2.00 bits per heavy atom. The van der Waals surface area contributed by atoms with Gasteiger partial charge in [-0.3, -0.25) is 10.1 Å². The van der Waals surface area contributed by atoms with Crippen LogP contribution in [0.25, 0.3) is 0 Å². The van der Waals surface area contributed by atoms with E-state index in [9.17, 15) is 10.1 Å². The van der Waals surface area contributed by atoms with Crippen molar-refractivity contribution >= 4 is 5.69 Å². The molecule has 0 radical (unpaired) electrons. The molecule has 1 aliphatic rings. The summed E-state index contributed by atoms with van der Waals surface area (Å²) in [5.74, 6) is 0.588. The van der Waals surface area contributed by atoms with Crippen molar-refractivity contribution in [2.24, 2.45) is 0 Å². The van der Waals surface area contributed by atoms with Crippen molar-refractivity contribution in [2.75, 3.05) is 0 Å². The zero-order valence-corrected chi connectivity index (χ0v) is 7.54. The second-order valence-electron chi connectivity index (χ2n) is 3.08. The van der Waals surface area contributed by atoms with Crippen LogP contribution in [0.5, 0.6) is 5.75 Å². The maximum Gasteiger partial charge on any atom is 0.269 e. The van der Waals surface area contributed by atoms with Crippen LogP contribution in [0, 0.1) is 10.1 Å². The zero-order valence-electron chi connectivity index (χ0n) is 7.54. The molecule has 2 unspecified atom stereocenters. The Balaban J connectivity index is 2.02. The van der Waals surface area contributed by atoms with Crippen molar-refractivity contribution in [1.82, 2.24) is 0 Å². The van der Waals surface area contributed by atoms with Crippen LogP contribution in [-0.4, -0.2) is 17.3 Å². The lowest BCUT2D eigenvalue weighted by atomic mass is 10.3. The minimum Gasteiger partial charge on any atom is -0.462 e. The number of epoxide rings is 1. The highest BCUT2D eigenvalue weighted by Crippen LogP contribution is 2.26. The van der Waals surface area contributed by atoms with Gasteiger partial charge in [-0.1, -0.05) is 0 Å². The molecule has 0 amide bonds. The first-order valence-corrected chi connectivity index (χ1v) is 4.23. The monoisotopic (exact) mass is 195 g/mol. The molecular formula is C9H9NO4. The summed E-state index contributed by atoms with van der Waals surface area (Å²) in [7, 11) is 0. The largest absolute Gasteiger partial charge is 0.462 e. The predicted octanol–water partition coefficient (Wildman–Crippen LogP) is 1.72. The molecule has 1 aromatic carbocycles. The summed E-state index contributed by atoms with van der Waals surface area (Å²) in [5.41, 5.74) is 0.0575. The van der Waals surface area contributed by atoms with E-state index < -0.39 is 4.92 Å². The highest BCUT2D eigenvalue weighted by Gasteiger charge is 2.36. The number of nitro groups is 1. The number of hydrogen-bond donors (Lipinski definition) is 0. The van der Waals surface area contributed by atoms with Gasteiger partial charge in [0.05, 0.1) is 4.92 Å². The maximum atomic E-state index is 10.3. The fourth-order valence-corrected chi connectivity index (χ4v) is 1.07. The summed E-state index contributed by atoms with van der Waals surface area (Å²) >= 11 is 0. The molecule has 0 spiro atoms. The molecule has 1 aliphatic heterocycles. The summed E-state index contributed by atoms with van der Waals surface area (Å²) in [6.07, 6.45) is -0.0818. The molecule has 0 aliphatic carbocycles. The number of ether oxygens (including phenoxy) is 2. The van der Waals surface area contributed by atoms with E-state index in [0.29, 0.717) is 5.75 Å². The van der Waals surface area contributed by atoms with E-state index in [2.05, 4.69) is 0 Å². The third-order valence-corrected chi connectivity index (χ3v) is 1.96. The van der Waals surface area contributed by atoms with Gasteiger partial charge in [-0.2, -0.15) is 0 Å². The number of rotatable bonds is 3. The molecule has 2 atom stereocenters. The van der Waals surface area contributed by atoms with Gasteiger partial charge in [0.25, 0.3) is 5.69 Å². The lowest BCUT2D eigenvalue weighted by Gasteiger charge is -2.00. The summed E-state index contributed by atoms with van der Waals surface area (Å²) in [6, 6.07) is 5.93. The van der Waals surface area contributed by atoms with Gasteiger partial charge < -0.3 is 9.47 Å². The van der Waals surface area contributed by atoms with Gasteiger partial charge in [-0.05, 0) is 19.1 Å². The zero-order chi connectivity index (χ0) is 10.1. The molecule has 5 heteroatoms. The van der Waals surface area contributed by atoms with Crippen LogP contribution < -0.4 is 4.74 Å². The van der Waals surface area contributed by atoms with Gasteiger partial charge >= 0.3 is 0 Å². The lowest BCUT2D eigenvalue weighted by molar-refractivity contribution is -0.384. The van der Waals surface area contributed by atoms with Crippen molar-refractivity contribution in [3.8, 4) is 5.75 Å². The lowest BCUT2D eigenvalue weighted by Crippen LogP contribution is -2.00. The standard InChI is InChI=1S/C9H9NO4/c1-6-9(13-6)14-8-4-2-7(3-5-8)10(11)12/h2-6,9H,1H3. The van der Waals surface area contributed by atoms with Crippen molar-refractivity contribution in [2.45, 2.75) is 19.3 Å². The molecule has 1 fully saturated rings. The predicted molar refractivity (Wildman–Crippen MR) is 48.1 cm³/mol. The van der Waals surface area contributed by atoms with Gasteiger partial charge in [-0.25, -0.2) is 0 Å². The van der Waals surface area contributed by atoms with Crippen LogP contribution in [0.1, 0.15) is 6.92 Å². The topological polar surface area (TPSA) is 64.9 Å². The number of benzene rings is 1. The molecule has 1 saturated heterocycles. The number of hydrogen-bond acceptors (Lipinski definition) is 4. The molecule has 0 bridgehead atoms. The number of non-ortho nitro benzene ring substituents is 1. The fraction of sp³-hybridized carbons (Fsp3) is 0.333. The Bertz CT molecular complexity index is 348. The summed E-state index contributed by atoms with van der Waals surface area (Å²) in [6.45, 7) is 1.90. The Morgan fingerprint density at radius 3 is 2.43 bits per heavy atom. The molecular weight excluding hydrogens is 186 g/mol. The molecule has 14 heavy (non-hydrogen) atoms. The van der Waals surface area contributed by atoms with E-state index >= 15 is 0 Å². The van der Waals surface area contributed by atoms with Crippen LogP contribution in [0.15, 0.2) is 24.3 Å². The molecule has 74 valence electrons. The van der Waals surface area contributed by atoms with E-state index in [0.717, 1.165) is 0 Å². The minimum absolute atomic E-state index is 0.0575. The van der Waals surface area contributed by atoms with Crippen LogP contribution in [0.4, 0.5) is 5.69 Å². The van der Waals surface area contributed by atoms with Crippen molar-refractivity contribution in [1.29, 1.82) is 0 Å². The molecule has 0 saturated carbocycles. The van der Waals surface area contributed by atoms with E-state index in [1.807, 2.05) is 6.92 Å². The summed E-state index contributed by atoms with van der Waals surface area (Å²) < 4.78 is 10.4. The van der Waals surface area contributed by atoms with E-state index in [-0.39, 0.29) is 18.1 Å². The smallest absolute Gasteiger partial charge is 0.269 e. The maximum absolute atomic E-state index is 10.3. The third kappa shape index (κ3) is 1.82. The van der Waals surface area contributed by atoms with Gasteiger partial charge in [0.15, 0.2) is 0 Å². The number of nitrogens with zero attached hydrogens (tertiary/aromatic N) is 1. The van der Waals surface area contributed by atoms with Crippen molar-refractivity contribution in [3.63, 3.8) is 0 Å². The number of nitro benzene ring substituents is 1. The van der Waals surface area contributed by atoms with Crippen LogP contribution in [0.3, 0.4) is 0 Å². The SMILES string of the molecule is CC1OC1Oc1ccc([N+](=O)[O-])cc1. The van der Waals surface area contributed by atoms with E-state index in [1.54, 1.807) is 12.1 Å². The Kier molecular flexibility index (Phi) is 2.09. The second-order valence-corrected chi connectivity index (χ2v) is 3.08. The molecule has 0 N–H and O–H groups in total. The average Bonchev–Trinajstić information content (AvgIpc) is 2.82. The highest BCUT2D eigenvalue weighted by molar-refractivity contribution is 5.36. The quantitative estimate of drug-likeness (QED) is 0.418. The summed E-state index contributed by atoms with van der Waals surface area (Å²) in [5, 5.41) is 10.3. The first-order chi connectivity index (χ1) is 6.66. The van der Waals surface area contributed by atoms with Crippen LogP contribution in [0.2, 0.25) is 0 Å². The Labute approximate surface area is 80.4 Å². The summed E-state index contributed by atoms with van der Waals surface area (Å²) in [4.78, 5) is 9.89. The van der Waals surface area contributed by atoms with Crippen molar-refractivity contribution < 1.29 is 14.4 Å². The van der Waals surface area contributed by atoms with Crippen LogP contribution in [-0.2, 0) is 4.74 Å². The van der Waals surface area contributed by atoms with Gasteiger partial charge in [0.1, 0.15) is 11.9 Å². The Hall–Kier alpha value is -1.62. The van der Waals surface area contributed by atoms with Gasteiger partial charge in [0.2, 0.25) is 6.29 Å².